The number of likely N-dealkylation sites (tertiary alicyclic amines) is 2. The summed E-state index contributed by atoms with van der Waals surface area (Å²) >= 11 is 1.59. The molecule has 7 rings (SSSR count). The van der Waals surface area contributed by atoms with Crippen LogP contribution in [0.15, 0.2) is 66.2 Å². The summed E-state index contributed by atoms with van der Waals surface area (Å²) in [6.45, 7) is 10.4. The van der Waals surface area contributed by atoms with E-state index < -0.39 is 29.8 Å². The van der Waals surface area contributed by atoms with E-state index >= 15 is 0 Å². The Morgan fingerprint density at radius 3 is 2.52 bits per heavy atom. The van der Waals surface area contributed by atoms with Gasteiger partial charge in [-0.15, -0.1) is 21.5 Å². The summed E-state index contributed by atoms with van der Waals surface area (Å²) < 4.78 is 0. The second-order valence-corrected chi connectivity index (χ2v) is 16.4. The number of aryl methyl sites for hydroxylation is 1. The van der Waals surface area contributed by atoms with E-state index in [1.165, 1.54) is 0 Å². The van der Waals surface area contributed by atoms with Gasteiger partial charge in [-0.1, -0.05) is 57.2 Å². The number of carbonyl (C=O) groups excluding carboxylic acids is 2. The van der Waals surface area contributed by atoms with Gasteiger partial charge >= 0.3 is 0 Å². The third-order valence-corrected chi connectivity index (χ3v) is 11.5. The number of amides is 2. The number of nitrogens with zero attached hydrogens (tertiary/aromatic N) is 5. The minimum atomic E-state index is -1.19. The van der Waals surface area contributed by atoms with Crippen LogP contribution in [-0.2, 0) is 16.1 Å². The van der Waals surface area contributed by atoms with Gasteiger partial charge in [0.15, 0.2) is 5.65 Å². The van der Waals surface area contributed by atoms with E-state index in [0.717, 1.165) is 45.9 Å². The smallest absolute Gasteiger partial charge is 0.237 e. The first-order valence-electron chi connectivity index (χ1n) is 18.4. The largest absolute Gasteiger partial charge is 0.507 e. The highest BCUT2D eigenvalue weighted by molar-refractivity contribution is 7.13. The van der Waals surface area contributed by atoms with E-state index in [0.29, 0.717) is 30.0 Å². The molecule has 3 aromatic heterocycles. The molecule has 0 radical (unpaired) electrons. The Balaban J connectivity index is 0.909. The first-order chi connectivity index (χ1) is 25.8. The number of aromatic hydroxyl groups is 1. The molecule has 4 atom stereocenters. The van der Waals surface area contributed by atoms with Crippen molar-refractivity contribution in [1.29, 1.82) is 0 Å². The summed E-state index contributed by atoms with van der Waals surface area (Å²) in [6.07, 6.45) is -1.53. The Kier molecular flexibility index (Phi) is 10.8. The van der Waals surface area contributed by atoms with Crippen molar-refractivity contribution in [2.75, 3.05) is 26.2 Å². The van der Waals surface area contributed by atoms with Crippen molar-refractivity contribution in [1.82, 2.24) is 40.6 Å². The third-order valence-electron chi connectivity index (χ3n) is 10.6. The number of phenolic OH excluding ortho intramolecular Hbond substituents is 1. The standard InChI is InChI=1S/C40H48N8O5S/c1-23-35(54-22-42-23)25-11-9-24(10-12-25)18-41-38(52)32-17-28(49)21-48(32)39(53)36(40(2,3)4)44-34(51)13-14-47-19-27(20-47)30-15-26-16-31(45-46-37(26)43-30)29-7-5-6-8-33(29)50/h5-12,15-16,22,27-28,32,36,39,49-50,53H,13-14,17-21H2,1-4H3,(H,41,52)(H,43,46)(H,44,51)/t28-,32+,36-,39?/m1/s1. The molecular formula is C40H48N8O5S. The number of hydrogen-bond acceptors (Lipinski definition) is 11. The molecule has 284 valence electrons. The number of rotatable bonds is 12. The van der Waals surface area contributed by atoms with Crippen molar-refractivity contribution in [3.63, 3.8) is 0 Å². The Bertz CT molecular complexity index is 2100. The number of thiazole rings is 1. The number of carbonyl (C=O) groups is 2. The van der Waals surface area contributed by atoms with E-state index in [1.54, 1.807) is 28.4 Å². The van der Waals surface area contributed by atoms with Crippen molar-refractivity contribution >= 4 is 34.2 Å². The number of phenols is 1. The number of aliphatic hydroxyl groups excluding tert-OH is 2. The lowest BCUT2D eigenvalue weighted by Gasteiger charge is -2.41. The fourth-order valence-corrected chi connectivity index (χ4v) is 8.24. The zero-order valence-electron chi connectivity index (χ0n) is 31.0. The average molecular weight is 753 g/mol. The van der Waals surface area contributed by atoms with Crippen molar-refractivity contribution in [2.45, 2.75) is 77.4 Å². The quantitative estimate of drug-likeness (QED) is 0.108. The monoisotopic (exact) mass is 752 g/mol. The maximum atomic E-state index is 13.5. The van der Waals surface area contributed by atoms with Crippen LogP contribution in [0.25, 0.3) is 32.7 Å². The summed E-state index contributed by atoms with van der Waals surface area (Å²) in [7, 11) is 0. The maximum Gasteiger partial charge on any atom is 0.237 e. The molecule has 2 aliphatic heterocycles. The number of aromatic amines is 1. The molecule has 14 heteroatoms. The number of nitrogens with one attached hydrogen (secondary N) is 3. The van der Waals surface area contributed by atoms with Gasteiger partial charge in [0.2, 0.25) is 11.8 Å². The SMILES string of the molecule is Cc1ncsc1-c1ccc(CNC(=O)[C@@H]2C[C@@H](O)CN2C(O)[C@@H](NC(=O)CCN2CC(c3cc4cc(-c5ccccc5O)nnc4[nH]3)C2)C(C)(C)C)cc1. The first-order valence-corrected chi connectivity index (χ1v) is 19.3. The van der Waals surface area contributed by atoms with Crippen molar-refractivity contribution in [3.05, 3.63) is 83.1 Å². The molecule has 1 unspecified atom stereocenters. The van der Waals surface area contributed by atoms with Gasteiger partial charge in [0.1, 0.15) is 12.0 Å². The van der Waals surface area contributed by atoms with E-state index in [-0.39, 0.29) is 42.9 Å². The lowest BCUT2D eigenvalue weighted by atomic mass is 9.84. The van der Waals surface area contributed by atoms with Crippen LogP contribution in [0.2, 0.25) is 0 Å². The molecule has 6 N–H and O–H groups in total. The molecule has 0 bridgehead atoms. The minimum absolute atomic E-state index is 0.120. The molecule has 0 saturated carbocycles. The minimum Gasteiger partial charge on any atom is -0.507 e. The van der Waals surface area contributed by atoms with Gasteiger partial charge in [0.05, 0.1) is 40.0 Å². The van der Waals surface area contributed by atoms with Crippen LogP contribution in [0, 0.1) is 12.3 Å². The Labute approximate surface area is 318 Å². The van der Waals surface area contributed by atoms with Gasteiger partial charge in [0, 0.05) is 61.7 Å². The predicted molar refractivity (Wildman–Crippen MR) is 207 cm³/mol. The van der Waals surface area contributed by atoms with Gasteiger partial charge in [-0.25, -0.2) is 4.98 Å². The summed E-state index contributed by atoms with van der Waals surface area (Å²) in [5.74, 6) is -0.0514. The van der Waals surface area contributed by atoms with Gasteiger partial charge in [0.25, 0.3) is 0 Å². The number of fused-ring (bicyclic) bond motifs is 1. The second-order valence-electron chi connectivity index (χ2n) is 15.6. The first kappa shape index (κ1) is 37.6. The fourth-order valence-electron chi connectivity index (χ4n) is 7.43. The van der Waals surface area contributed by atoms with E-state index in [4.69, 9.17) is 0 Å². The van der Waals surface area contributed by atoms with Crippen molar-refractivity contribution in [3.8, 4) is 27.4 Å². The molecule has 13 nitrogen and oxygen atoms in total. The number of aliphatic hydroxyl groups is 2. The Morgan fingerprint density at radius 1 is 1.06 bits per heavy atom. The summed E-state index contributed by atoms with van der Waals surface area (Å²) in [5.41, 5.74) is 7.25. The number of H-pyrrole nitrogens is 1. The average Bonchev–Trinajstić information content (AvgIpc) is 3.86. The van der Waals surface area contributed by atoms with Crippen molar-refractivity contribution < 1.29 is 24.9 Å². The molecule has 2 aliphatic rings. The predicted octanol–water partition coefficient (Wildman–Crippen LogP) is 4.15. The van der Waals surface area contributed by atoms with Crippen LogP contribution in [-0.4, -0.2) is 108 Å². The molecule has 5 aromatic rings. The number of aromatic nitrogens is 4. The molecule has 2 saturated heterocycles. The van der Waals surface area contributed by atoms with Crippen LogP contribution in [0.5, 0.6) is 5.75 Å². The fraction of sp³-hybridized carbons (Fsp3) is 0.425. The van der Waals surface area contributed by atoms with Crippen LogP contribution in [0.4, 0.5) is 0 Å². The van der Waals surface area contributed by atoms with Crippen LogP contribution in [0.1, 0.15) is 56.5 Å². The molecule has 2 aromatic carbocycles. The van der Waals surface area contributed by atoms with Gasteiger partial charge in [-0.05, 0) is 54.2 Å². The van der Waals surface area contributed by atoms with Gasteiger partial charge in [-0.2, -0.15) is 0 Å². The summed E-state index contributed by atoms with van der Waals surface area (Å²) in [4.78, 5) is 39.4. The van der Waals surface area contributed by atoms with E-state index in [9.17, 15) is 24.9 Å². The summed E-state index contributed by atoms with van der Waals surface area (Å²) in [5, 5.41) is 48.1. The number of hydrogen-bond donors (Lipinski definition) is 6. The second kappa shape index (κ2) is 15.6. The summed E-state index contributed by atoms with van der Waals surface area (Å²) in [6, 6.07) is 17.6. The van der Waals surface area contributed by atoms with Gasteiger partial charge in [-0.3, -0.25) is 14.5 Å². The number of benzene rings is 2. The molecule has 54 heavy (non-hydrogen) atoms. The zero-order chi connectivity index (χ0) is 38.1. The van der Waals surface area contributed by atoms with E-state index in [2.05, 4.69) is 41.8 Å². The topological polar surface area (TPSA) is 180 Å². The highest BCUT2D eigenvalue weighted by Crippen LogP contribution is 2.33. The number of β-amino-alcohol motifs (C(OH)–C–C–N with tert-alkyl or cyclic N) is 1. The van der Waals surface area contributed by atoms with E-state index in [1.807, 2.05) is 75.7 Å². The van der Waals surface area contributed by atoms with Gasteiger partial charge < -0.3 is 35.8 Å². The van der Waals surface area contributed by atoms with Crippen LogP contribution < -0.4 is 10.6 Å². The molecule has 0 spiro atoms. The van der Waals surface area contributed by atoms with Crippen LogP contribution >= 0.6 is 11.3 Å². The highest BCUT2D eigenvalue weighted by Gasteiger charge is 2.45. The van der Waals surface area contributed by atoms with Crippen LogP contribution in [0.3, 0.4) is 0 Å². The third kappa shape index (κ3) is 8.17. The molecule has 5 heterocycles. The lowest BCUT2D eigenvalue weighted by Crippen LogP contribution is -2.60. The van der Waals surface area contributed by atoms with Crippen molar-refractivity contribution in [2.24, 2.45) is 5.41 Å². The maximum absolute atomic E-state index is 13.5. The normalized spacial score (nSPS) is 19.4. The highest BCUT2D eigenvalue weighted by atomic mass is 32.1. The molecular weight excluding hydrogens is 705 g/mol. The molecule has 2 fully saturated rings. The number of para-hydroxylation sites is 1. The Hall–Kier alpha value is -4.73. The molecule has 0 aliphatic carbocycles. The lowest BCUT2D eigenvalue weighted by molar-refractivity contribution is -0.135. The molecule has 2 amide bonds. The Morgan fingerprint density at radius 2 is 1.81 bits per heavy atom. The zero-order valence-corrected chi connectivity index (χ0v) is 31.8.